The first kappa shape index (κ1) is 17.7. The fourth-order valence-corrected chi connectivity index (χ4v) is 2.49. The van der Waals surface area contributed by atoms with Gasteiger partial charge in [0.15, 0.2) is 11.5 Å². The zero-order chi connectivity index (χ0) is 18.5. The smallest absolute Gasteiger partial charge is 0.255 e. The molecule has 0 aromatic heterocycles. The molecule has 6 nitrogen and oxygen atoms in total. The van der Waals surface area contributed by atoms with Crippen LogP contribution in [-0.2, 0) is 4.79 Å². The van der Waals surface area contributed by atoms with Crippen LogP contribution in [0.3, 0.4) is 0 Å². The van der Waals surface area contributed by atoms with Gasteiger partial charge in [-0.3, -0.25) is 9.59 Å². The Kier molecular flexibility index (Phi) is 5.36. The van der Waals surface area contributed by atoms with Crippen molar-refractivity contribution in [1.29, 1.82) is 0 Å². The second-order valence-electron chi connectivity index (χ2n) is 5.87. The Labute approximate surface area is 150 Å². The van der Waals surface area contributed by atoms with E-state index >= 15 is 0 Å². The number of unbranched alkanes of at least 4 members (excludes halogenated alkanes) is 1. The lowest BCUT2D eigenvalue weighted by Crippen LogP contribution is -2.14. The molecule has 2 aromatic carbocycles. The predicted octanol–water partition coefficient (Wildman–Crippen LogP) is 3.94. The van der Waals surface area contributed by atoms with E-state index < -0.39 is 5.82 Å². The Morgan fingerprint density at radius 2 is 1.88 bits per heavy atom. The van der Waals surface area contributed by atoms with Gasteiger partial charge >= 0.3 is 0 Å². The first-order chi connectivity index (χ1) is 12.6. The van der Waals surface area contributed by atoms with Gasteiger partial charge in [-0.25, -0.2) is 4.39 Å². The van der Waals surface area contributed by atoms with E-state index in [9.17, 15) is 14.0 Å². The highest BCUT2D eigenvalue weighted by atomic mass is 19.1. The molecular weight excluding hydrogens is 339 g/mol. The summed E-state index contributed by atoms with van der Waals surface area (Å²) in [5.41, 5.74) is 0.793. The summed E-state index contributed by atoms with van der Waals surface area (Å²) in [4.78, 5) is 24.2. The minimum atomic E-state index is -0.559. The van der Waals surface area contributed by atoms with E-state index in [-0.39, 0.29) is 24.3 Å². The van der Waals surface area contributed by atoms with Crippen molar-refractivity contribution in [2.45, 2.75) is 26.2 Å². The van der Waals surface area contributed by atoms with E-state index in [0.717, 1.165) is 12.8 Å². The fourth-order valence-electron chi connectivity index (χ4n) is 2.49. The monoisotopic (exact) mass is 358 g/mol. The number of anilines is 2. The van der Waals surface area contributed by atoms with Gasteiger partial charge in [0.25, 0.3) is 5.91 Å². The highest BCUT2D eigenvalue weighted by molar-refractivity contribution is 6.05. The average Bonchev–Trinajstić information content (AvgIpc) is 3.10. The van der Waals surface area contributed by atoms with Crippen molar-refractivity contribution in [3.05, 3.63) is 47.8 Å². The summed E-state index contributed by atoms with van der Waals surface area (Å²) in [5.74, 6) is -0.111. The van der Waals surface area contributed by atoms with Gasteiger partial charge in [-0.2, -0.15) is 0 Å². The number of amides is 2. The molecule has 1 aliphatic heterocycles. The van der Waals surface area contributed by atoms with Gasteiger partial charge in [-0.15, -0.1) is 0 Å². The van der Waals surface area contributed by atoms with Crippen molar-refractivity contribution in [1.82, 2.24) is 0 Å². The number of carbonyl (C=O) groups excluding carboxylic acids is 2. The van der Waals surface area contributed by atoms with E-state index in [1.165, 1.54) is 18.2 Å². The minimum Gasteiger partial charge on any atom is -0.454 e. The lowest BCUT2D eigenvalue weighted by molar-refractivity contribution is -0.116. The van der Waals surface area contributed by atoms with Crippen LogP contribution >= 0.6 is 0 Å². The molecule has 1 aliphatic rings. The molecule has 136 valence electrons. The first-order valence-electron chi connectivity index (χ1n) is 8.37. The molecule has 0 fully saturated rings. The standard InChI is InChI=1S/C19H19FN2O4/c1-2-3-4-18(23)22-15-10-13(6-7-14(15)20)21-19(24)12-5-8-16-17(9-12)26-11-25-16/h5-10H,2-4,11H2,1H3,(H,21,24)(H,22,23). The van der Waals surface area contributed by atoms with Crippen molar-refractivity contribution in [3.8, 4) is 11.5 Å². The van der Waals surface area contributed by atoms with E-state index in [0.29, 0.717) is 29.2 Å². The second kappa shape index (κ2) is 7.86. The maximum atomic E-state index is 13.9. The maximum Gasteiger partial charge on any atom is 0.255 e. The summed E-state index contributed by atoms with van der Waals surface area (Å²) >= 11 is 0. The lowest BCUT2D eigenvalue weighted by atomic mass is 10.1. The fraction of sp³-hybridized carbons (Fsp3) is 0.263. The third-order valence-corrected chi connectivity index (χ3v) is 3.89. The number of halogens is 1. The molecule has 26 heavy (non-hydrogen) atoms. The van der Waals surface area contributed by atoms with Crippen LogP contribution in [0.25, 0.3) is 0 Å². The third-order valence-electron chi connectivity index (χ3n) is 3.89. The molecule has 0 spiro atoms. The largest absolute Gasteiger partial charge is 0.454 e. The van der Waals surface area contributed by atoms with Crippen molar-refractivity contribution in [2.75, 3.05) is 17.4 Å². The summed E-state index contributed by atoms with van der Waals surface area (Å²) in [6.07, 6.45) is 1.93. The molecule has 7 heteroatoms. The van der Waals surface area contributed by atoms with Crippen molar-refractivity contribution < 1.29 is 23.5 Å². The zero-order valence-corrected chi connectivity index (χ0v) is 14.3. The summed E-state index contributed by atoms with van der Waals surface area (Å²) in [7, 11) is 0. The summed E-state index contributed by atoms with van der Waals surface area (Å²) in [6.45, 7) is 2.10. The molecule has 2 aromatic rings. The van der Waals surface area contributed by atoms with Crippen molar-refractivity contribution in [3.63, 3.8) is 0 Å². The van der Waals surface area contributed by atoms with Gasteiger partial charge in [0.2, 0.25) is 12.7 Å². The van der Waals surface area contributed by atoms with Gasteiger partial charge in [0, 0.05) is 17.7 Å². The van der Waals surface area contributed by atoms with Gasteiger partial charge in [-0.05, 0) is 42.8 Å². The number of carbonyl (C=O) groups is 2. The van der Waals surface area contributed by atoms with Gasteiger partial charge in [-0.1, -0.05) is 13.3 Å². The maximum absolute atomic E-state index is 13.9. The van der Waals surface area contributed by atoms with Crippen LogP contribution in [-0.4, -0.2) is 18.6 Å². The van der Waals surface area contributed by atoms with Crippen molar-refractivity contribution in [2.24, 2.45) is 0 Å². The molecule has 0 saturated heterocycles. The molecule has 0 atom stereocenters. The van der Waals surface area contributed by atoms with Crippen molar-refractivity contribution >= 4 is 23.2 Å². The average molecular weight is 358 g/mol. The molecule has 2 N–H and O–H groups in total. The van der Waals surface area contributed by atoms with E-state index in [1.807, 2.05) is 6.92 Å². The molecule has 3 rings (SSSR count). The van der Waals surface area contributed by atoms with Crippen LogP contribution in [0.15, 0.2) is 36.4 Å². The molecule has 0 bridgehead atoms. The summed E-state index contributed by atoms with van der Waals surface area (Å²) in [5, 5.41) is 5.21. The lowest BCUT2D eigenvalue weighted by Gasteiger charge is -2.10. The Balaban J connectivity index is 1.70. The first-order valence-corrected chi connectivity index (χ1v) is 8.37. The Morgan fingerprint density at radius 3 is 2.69 bits per heavy atom. The molecule has 2 amide bonds. The number of nitrogens with one attached hydrogen (secondary N) is 2. The van der Waals surface area contributed by atoms with Crippen LogP contribution in [0.1, 0.15) is 36.5 Å². The van der Waals surface area contributed by atoms with Crippen LogP contribution in [0.2, 0.25) is 0 Å². The number of ether oxygens (including phenoxy) is 2. The Hall–Kier alpha value is -3.09. The Bertz CT molecular complexity index is 838. The molecule has 0 saturated carbocycles. The molecule has 1 heterocycles. The van der Waals surface area contributed by atoms with Gasteiger partial charge < -0.3 is 20.1 Å². The zero-order valence-electron chi connectivity index (χ0n) is 14.3. The summed E-state index contributed by atoms with van der Waals surface area (Å²) in [6, 6.07) is 8.87. The second-order valence-corrected chi connectivity index (χ2v) is 5.87. The normalized spacial score (nSPS) is 11.9. The minimum absolute atomic E-state index is 0.0367. The predicted molar refractivity (Wildman–Crippen MR) is 95.1 cm³/mol. The molecule has 0 radical (unpaired) electrons. The Morgan fingerprint density at radius 1 is 1.08 bits per heavy atom. The highest BCUT2D eigenvalue weighted by Gasteiger charge is 2.17. The van der Waals surface area contributed by atoms with Crippen LogP contribution in [0.4, 0.5) is 15.8 Å². The van der Waals surface area contributed by atoms with Gasteiger partial charge in [0.1, 0.15) is 5.82 Å². The van der Waals surface area contributed by atoms with E-state index in [2.05, 4.69) is 10.6 Å². The number of hydrogen-bond acceptors (Lipinski definition) is 4. The van der Waals surface area contributed by atoms with E-state index in [1.54, 1.807) is 18.2 Å². The highest BCUT2D eigenvalue weighted by Crippen LogP contribution is 2.32. The van der Waals surface area contributed by atoms with E-state index in [4.69, 9.17) is 9.47 Å². The number of hydrogen-bond donors (Lipinski definition) is 2. The van der Waals surface area contributed by atoms with Crippen LogP contribution < -0.4 is 20.1 Å². The molecular formula is C19H19FN2O4. The quantitative estimate of drug-likeness (QED) is 0.820. The number of benzene rings is 2. The van der Waals surface area contributed by atoms with Gasteiger partial charge in [0.05, 0.1) is 5.69 Å². The number of rotatable bonds is 6. The number of fused-ring (bicyclic) bond motifs is 1. The third kappa shape index (κ3) is 4.11. The van der Waals surface area contributed by atoms with Crippen LogP contribution in [0.5, 0.6) is 11.5 Å². The SMILES string of the molecule is CCCCC(=O)Nc1cc(NC(=O)c2ccc3c(c2)OCO3)ccc1F. The molecule has 0 unspecified atom stereocenters. The van der Waals surface area contributed by atoms with Crippen LogP contribution in [0, 0.1) is 5.82 Å². The molecule has 0 aliphatic carbocycles. The topological polar surface area (TPSA) is 76.7 Å². The summed E-state index contributed by atoms with van der Waals surface area (Å²) < 4.78 is 24.4.